The monoisotopic (exact) mass is 468 g/mol. The quantitative estimate of drug-likeness (QED) is 0.452. The number of piperazine rings is 1. The molecule has 2 saturated carbocycles. The first kappa shape index (κ1) is 23.9. The van der Waals surface area contributed by atoms with E-state index >= 15 is 0 Å². The molecule has 33 heavy (non-hydrogen) atoms. The first-order valence-corrected chi connectivity index (χ1v) is 12.8. The van der Waals surface area contributed by atoms with Crippen LogP contribution < -0.4 is 16.4 Å². The molecule has 0 aromatic heterocycles. The predicted molar refractivity (Wildman–Crippen MR) is 120 cm³/mol. The third kappa shape index (κ3) is 4.95. The summed E-state index contributed by atoms with van der Waals surface area (Å²) in [6, 6.07) is 0.401. The Bertz CT molecular complexity index is 678. The van der Waals surface area contributed by atoms with E-state index in [9.17, 15) is 4.79 Å². The number of hydrogen-bond donors (Lipinski definition) is 3. The zero-order chi connectivity index (χ0) is 22.9. The zero-order valence-corrected chi connectivity index (χ0v) is 20.1. The van der Waals surface area contributed by atoms with Crippen LogP contribution >= 0.6 is 0 Å². The summed E-state index contributed by atoms with van der Waals surface area (Å²) in [5.41, 5.74) is 6.57. The molecule has 5 aliphatic rings. The Morgan fingerprint density at radius 1 is 1.03 bits per heavy atom. The molecule has 0 spiro atoms. The molecule has 188 valence electrons. The van der Waals surface area contributed by atoms with Crippen molar-refractivity contribution in [2.45, 2.75) is 87.5 Å². The number of rotatable bonds is 4. The van der Waals surface area contributed by atoms with Crippen LogP contribution in [0.1, 0.15) is 38.5 Å². The van der Waals surface area contributed by atoms with E-state index in [2.05, 4.69) is 15.5 Å². The minimum Gasteiger partial charge on any atom is -0.379 e. The largest absolute Gasteiger partial charge is 0.379 e. The maximum atomic E-state index is 13.1. The summed E-state index contributed by atoms with van der Waals surface area (Å²) in [6.07, 6.45) is 6.31. The molecule has 2 aliphatic carbocycles. The molecule has 0 aromatic rings. The van der Waals surface area contributed by atoms with Gasteiger partial charge in [-0.05, 0) is 19.3 Å². The molecule has 0 radical (unpaired) electrons. The van der Waals surface area contributed by atoms with Gasteiger partial charge in [-0.2, -0.15) is 0 Å². The molecular weight excluding hydrogens is 426 g/mol. The van der Waals surface area contributed by atoms with E-state index < -0.39 is 6.10 Å². The molecule has 3 heterocycles. The van der Waals surface area contributed by atoms with Crippen LogP contribution in [0.15, 0.2) is 0 Å². The molecule has 5 fully saturated rings. The van der Waals surface area contributed by atoms with Gasteiger partial charge >= 0.3 is 0 Å². The average Bonchev–Trinajstić information content (AvgIpc) is 2.87. The Kier molecular flexibility index (Phi) is 7.53. The van der Waals surface area contributed by atoms with Crippen molar-refractivity contribution in [3.8, 4) is 0 Å². The number of nitrogens with one attached hydrogen (secondary N) is 1. The first-order valence-electron chi connectivity index (χ1n) is 12.8. The lowest BCUT2D eigenvalue weighted by Gasteiger charge is -2.49. The van der Waals surface area contributed by atoms with E-state index in [1.807, 2.05) is 4.90 Å². The normalized spacial score (nSPS) is 44.7. The fourth-order valence-corrected chi connectivity index (χ4v) is 6.58. The second-order valence-electron chi connectivity index (χ2n) is 10.4. The molecular formula is C23H42N5O5+. The van der Waals surface area contributed by atoms with Gasteiger partial charge in [0.15, 0.2) is 6.10 Å². The Hall–Kier alpha value is -0.850. The van der Waals surface area contributed by atoms with E-state index in [4.69, 9.17) is 24.7 Å². The van der Waals surface area contributed by atoms with E-state index in [0.29, 0.717) is 31.7 Å². The number of ether oxygens (including phenoxy) is 4. The SMILES string of the molecule is COC1CC2[NH2+]C(N3CCN(C(=O)C4COC5CCCCC5O4)CC3)NC(N)C2CC1OC. The van der Waals surface area contributed by atoms with Crippen LogP contribution in [-0.2, 0) is 23.7 Å². The molecule has 5 N–H and O–H groups in total. The lowest BCUT2D eigenvalue weighted by atomic mass is 9.78. The Morgan fingerprint density at radius 3 is 2.45 bits per heavy atom. The molecule has 5 rings (SSSR count). The van der Waals surface area contributed by atoms with Gasteiger partial charge < -0.3 is 34.9 Å². The highest BCUT2D eigenvalue weighted by Gasteiger charge is 2.48. The van der Waals surface area contributed by atoms with Crippen molar-refractivity contribution in [2.24, 2.45) is 11.7 Å². The summed E-state index contributed by atoms with van der Waals surface area (Å²) in [5.74, 6) is 0.435. The van der Waals surface area contributed by atoms with Crippen molar-refractivity contribution < 1.29 is 29.1 Å². The van der Waals surface area contributed by atoms with E-state index in [-0.39, 0.29) is 42.8 Å². The molecule has 0 aromatic carbocycles. The van der Waals surface area contributed by atoms with Gasteiger partial charge in [0.05, 0.1) is 43.2 Å². The summed E-state index contributed by atoms with van der Waals surface area (Å²) in [5, 5.41) is 6.01. The summed E-state index contributed by atoms with van der Waals surface area (Å²) < 4.78 is 23.5. The van der Waals surface area contributed by atoms with Crippen molar-refractivity contribution >= 4 is 5.91 Å². The smallest absolute Gasteiger partial charge is 0.254 e. The van der Waals surface area contributed by atoms with Crippen molar-refractivity contribution in [1.29, 1.82) is 0 Å². The van der Waals surface area contributed by atoms with Crippen molar-refractivity contribution in [1.82, 2.24) is 15.1 Å². The third-order valence-electron chi connectivity index (χ3n) is 8.57. The van der Waals surface area contributed by atoms with Crippen LogP contribution in [0.5, 0.6) is 0 Å². The highest BCUT2D eigenvalue weighted by Crippen LogP contribution is 2.31. The maximum absolute atomic E-state index is 13.1. The fraction of sp³-hybridized carbons (Fsp3) is 0.957. The average molecular weight is 469 g/mol. The van der Waals surface area contributed by atoms with Crippen LogP contribution in [0.25, 0.3) is 0 Å². The number of nitrogens with zero attached hydrogens (tertiary/aromatic N) is 2. The highest BCUT2D eigenvalue weighted by molar-refractivity contribution is 5.81. The summed E-state index contributed by atoms with van der Waals surface area (Å²) in [7, 11) is 3.52. The second-order valence-corrected chi connectivity index (χ2v) is 10.4. The number of methoxy groups -OCH3 is 2. The summed E-state index contributed by atoms with van der Waals surface area (Å²) in [4.78, 5) is 17.5. The number of quaternary nitrogens is 1. The van der Waals surface area contributed by atoms with Crippen LogP contribution in [0.3, 0.4) is 0 Å². The first-order chi connectivity index (χ1) is 16.1. The molecule has 10 nitrogen and oxygen atoms in total. The third-order valence-corrected chi connectivity index (χ3v) is 8.57. The molecule has 3 saturated heterocycles. The second kappa shape index (κ2) is 10.4. The van der Waals surface area contributed by atoms with Crippen molar-refractivity contribution in [2.75, 3.05) is 47.0 Å². The van der Waals surface area contributed by atoms with Gasteiger partial charge in [0.2, 0.25) is 6.29 Å². The maximum Gasteiger partial charge on any atom is 0.254 e. The Balaban J connectivity index is 1.13. The Labute approximate surface area is 196 Å². The molecule has 0 bridgehead atoms. The van der Waals surface area contributed by atoms with Gasteiger partial charge in [-0.15, -0.1) is 0 Å². The Morgan fingerprint density at radius 2 is 1.73 bits per heavy atom. The molecule has 3 aliphatic heterocycles. The van der Waals surface area contributed by atoms with Gasteiger partial charge in [0.25, 0.3) is 5.91 Å². The van der Waals surface area contributed by atoms with Gasteiger partial charge in [-0.25, -0.2) is 10.2 Å². The fourth-order valence-electron chi connectivity index (χ4n) is 6.58. The lowest BCUT2D eigenvalue weighted by molar-refractivity contribution is -0.764. The van der Waals surface area contributed by atoms with E-state index in [1.165, 1.54) is 6.42 Å². The van der Waals surface area contributed by atoms with Gasteiger partial charge in [0.1, 0.15) is 0 Å². The van der Waals surface area contributed by atoms with Gasteiger partial charge in [-0.1, -0.05) is 12.8 Å². The number of hydrogen-bond acceptors (Lipinski definition) is 8. The zero-order valence-electron chi connectivity index (χ0n) is 20.1. The molecule has 10 heteroatoms. The van der Waals surface area contributed by atoms with Crippen molar-refractivity contribution in [3.63, 3.8) is 0 Å². The molecule has 9 unspecified atom stereocenters. The van der Waals surface area contributed by atoms with E-state index in [1.54, 1.807) is 14.2 Å². The van der Waals surface area contributed by atoms with Gasteiger partial charge in [-0.3, -0.25) is 4.79 Å². The summed E-state index contributed by atoms with van der Waals surface area (Å²) >= 11 is 0. The predicted octanol–water partition coefficient (Wildman–Crippen LogP) is -1.60. The van der Waals surface area contributed by atoms with Crippen LogP contribution in [0.4, 0.5) is 0 Å². The van der Waals surface area contributed by atoms with Crippen molar-refractivity contribution in [3.05, 3.63) is 0 Å². The topological polar surface area (TPSA) is 115 Å². The van der Waals surface area contributed by atoms with Crippen LogP contribution in [0.2, 0.25) is 0 Å². The van der Waals surface area contributed by atoms with Crippen LogP contribution in [-0.4, -0.2) is 112 Å². The highest BCUT2D eigenvalue weighted by atomic mass is 16.6. The number of carbonyl (C=O) groups excluding carboxylic acids is 1. The van der Waals surface area contributed by atoms with Gasteiger partial charge in [0, 0.05) is 52.7 Å². The minimum atomic E-state index is -0.452. The molecule has 9 atom stereocenters. The molecule has 1 amide bonds. The van der Waals surface area contributed by atoms with E-state index in [0.717, 1.165) is 45.2 Å². The number of carbonyl (C=O) groups is 1. The lowest BCUT2D eigenvalue weighted by Crippen LogP contribution is -3.06. The minimum absolute atomic E-state index is 0.0728. The van der Waals surface area contributed by atoms with Crippen LogP contribution in [0, 0.1) is 5.92 Å². The number of amides is 1. The standard InChI is InChI=1S/C23H41N5O5/c1-30-18-11-14-15(12-19(18)31-2)25-23(26-21(14)24)28-9-7-27(8-10-28)22(29)20-13-32-16-5-3-4-6-17(16)33-20/h14-21,23,25-26H,3-13,24H2,1-2H3/p+1. The summed E-state index contributed by atoms with van der Waals surface area (Å²) in [6.45, 7) is 3.43. The number of fused-ring (bicyclic) bond motifs is 2. The number of nitrogens with two attached hydrogens (primary N) is 2.